The molecular weight excluding hydrogens is 367 g/mol. The second-order valence-corrected chi connectivity index (χ2v) is 7.69. The summed E-state index contributed by atoms with van der Waals surface area (Å²) < 4.78 is 25.9. The van der Waals surface area contributed by atoms with Crippen LogP contribution in [0.2, 0.25) is 0 Å². The molecule has 0 fully saturated rings. The van der Waals surface area contributed by atoms with Crippen LogP contribution in [0.15, 0.2) is 66.7 Å². The summed E-state index contributed by atoms with van der Waals surface area (Å²) in [6, 6.07) is 20.0. The molecule has 1 unspecified atom stereocenters. The Balaban J connectivity index is 1.71. The van der Waals surface area contributed by atoms with Crippen molar-refractivity contribution in [3.8, 4) is 11.5 Å². The van der Waals surface area contributed by atoms with Gasteiger partial charge in [0.15, 0.2) is 0 Å². The Kier molecular flexibility index (Phi) is 5.34. The zero-order chi connectivity index (χ0) is 20.4. The van der Waals surface area contributed by atoms with Gasteiger partial charge in [0.1, 0.15) is 11.5 Å². The molecule has 4 heteroatoms. The van der Waals surface area contributed by atoms with Crippen molar-refractivity contribution in [1.82, 2.24) is 0 Å². The third-order valence-electron chi connectivity index (χ3n) is 5.02. The van der Waals surface area contributed by atoms with Crippen LogP contribution in [-0.4, -0.2) is 5.97 Å². The number of rotatable bonds is 5. The maximum atomic E-state index is 14.7. The molecular formula is C25H23FO3. The van der Waals surface area contributed by atoms with Crippen molar-refractivity contribution in [3.05, 3.63) is 94.5 Å². The molecule has 3 aromatic rings. The van der Waals surface area contributed by atoms with Gasteiger partial charge in [-0.3, -0.25) is 0 Å². The summed E-state index contributed by atoms with van der Waals surface area (Å²) in [6.45, 7) is 4.17. The van der Waals surface area contributed by atoms with Gasteiger partial charge in [0.25, 0.3) is 6.36 Å². The zero-order valence-electron chi connectivity index (χ0n) is 16.5. The van der Waals surface area contributed by atoms with E-state index in [1.54, 1.807) is 30.3 Å². The fourth-order valence-corrected chi connectivity index (χ4v) is 3.70. The van der Waals surface area contributed by atoms with Gasteiger partial charge in [-0.05, 0) is 35.6 Å². The zero-order valence-corrected chi connectivity index (χ0v) is 16.5. The van der Waals surface area contributed by atoms with Gasteiger partial charge in [0, 0.05) is 17.5 Å². The van der Waals surface area contributed by atoms with Gasteiger partial charge in [-0.2, -0.15) is 4.39 Å². The minimum atomic E-state index is -1.82. The Morgan fingerprint density at radius 2 is 1.72 bits per heavy atom. The summed E-state index contributed by atoms with van der Waals surface area (Å²) in [5.41, 5.74) is 3.34. The molecule has 0 aromatic heterocycles. The highest BCUT2D eigenvalue weighted by atomic mass is 19.1. The molecule has 4 rings (SSSR count). The van der Waals surface area contributed by atoms with Crippen LogP contribution in [0.1, 0.15) is 52.8 Å². The number of ether oxygens (including phenoxy) is 2. The van der Waals surface area contributed by atoms with Crippen molar-refractivity contribution in [3.63, 3.8) is 0 Å². The first-order valence-corrected chi connectivity index (χ1v) is 9.83. The summed E-state index contributed by atoms with van der Waals surface area (Å²) in [5, 5.41) is 0. The summed E-state index contributed by atoms with van der Waals surface area (Å²) in [7, 11) is 0. The number of fused-ring (bicyclic) bond motifs is 2. The molecule has 0 aliphatic carbocycles. The van der Waals surface area contributed by atoms with E-state index in [0.29, 0.717) is 35.6 Å². The van der Waals surface area contributed by atoms with E-state index in [2.05, 4.69) is 13.8 Å². The molecule has 148 valence electrons. The lowest BCUT2D eigenvalue weighted by atomic mass is 9.89. The average molecular weight is 390 g/mol. The highest BCUT2D eigenvalue weighted by Crippen LogP contribution is 2.40. The first-order valence-electron chi connectivity index (χ1n) is 9.83. The van der Waals surface area contributed by atoms with Gasteiger partial charge in [-0.15, -0.1) is 0 Å². The summed E-state index contributed by atoms with van der Waals surface area (Å²) in [6.07, 6.45) is -0.575. The molecule has 1 aliphatic heterocycles. The van der Waals surface area contributed by atoms with Crippen LogP contribution in [0.5, 0.6) is 11.5 Å². The van der Waals surface area contributed by atoms with Crippen molar-refractivity contribution in [2.24, 2.45) is 5.92 Å². The van der Waals surface area contributed by atoms with Gasteiger partial charge in [0.05, 0.1) is 5.56 Å². The minimum Gasteiger partial charge on any atom is -0.457 e. The van der Waals surface area contributed by atoms with Gasteiger partial charge < -0.3 is 9.47 Å². The second kappa shape index (κ2) is 8.08. The molecule has 0 bridgehead atoms. The molecule has 3 nitrogen and oxygen atoms in total. The molecule has 0 saturated carbocycles. The highest BCUT2D eigenvalue weighted by Gasteiger charge is 2.28. The minimum absolute atomic E-state index is 0.317. The molecule has 0 spiro atoms. The lowest BCUT2D eigenvalue weighted by molar-refractivity contribution is -0.0166. The average Bonchev–Trinajstić information content (AvgIpc) is 2.72. The van der Waals surface area contributed by atoms with E-state index in [4.69, 9.17) is 9.47 Å². The number of carbonyl (C=O) groups is 1. The van der Waals surface area contributed by atoms with E-state index < -0.39 is 12.3 Å². The third-order valence-corrected chi connectivity index (χ3v) is 5.02. The number of para-hydroxylation sites is 1. The number of alkyl halides is 1. The molecule has 1 heterocycles. The SMILES string of the molecule is CC(C)Cc1ccc2c(c1C(=O)OC(F)c1ccccc1)Cc1ccccc1O2. The van der Waals surface area contributed by atoms with Crippen molar-refractivity contribution in [1.29, 1.82) is 0 Å². The first-order chi connectivity index (χ1) is 14.0. The van der Waals surface area contributed by atoms with Crippen LogP contribution >= 0.6 is 0 Å². The predicted molar refractivity (Wildman–Crippen MR) is 110 cm³/mol. The molecule has 1 atom stereocenters. The number of halogens is 1. The molecule has 0 radical (unpaired) electrons. The number of hydrogen-bond donors (Lipinski definition) is 0. The summed E-state index contributed by atoms with van der Waals surface area (Å²) >= 11 is 0. The van der Waals surface area contributed by atoms with E-state index in [9.17, 15) is 9.18 Å². The van der Waals surface area contributed by atoms with Gasteiger partial charge in [-0.25, -0.2) is 4.79 Å². The largest absolute Gasteiger partial charge is 0.457 e. The van der Waals surface area contributed by atoms with E-state index >= 15 is 0 Å². The fraction of sp³-hybridized carbons (Fsp3) is 0.240. The van der Waals surface area contributed by atoms with E-state index in [-0.39, 0.29) is 0 Å². The van der Waals surface area contributed by atoms with Gasteiger partial charge in [0.2, 0.25) is 0 Å². The van der Waals surface area contributed by atoms with Crippen LogP contribution in [0.4, 0.5) is 4.39 Å². The van der Waals surface area contributed by atoms with Crippen molar-refractivity contribution in [2.45, 2.75) is 33.0 Å². The smallest absolute Gasteiger partial charge is 0.341 e. The molecule has 1 aliphatic rings. The van der Waals surface area contributed by atoms with Crippen molar-refractivity contribution >= 4 is 5.97 Å². The van der Waals surface area contributed by atoms with Crippen molar-refractivity contribution in [2.75, 3.05) is 0 Å². The van der Waals surface area contributed by atoms with Crippen LogP contribution in [0, 0.1) is 5.92 Å². The second-order valence-electron chi connectivity index (χ2n) is 7.69. The number of carbonyl (C=O) groups excluding carboxylic acids is 1. The standard InChI is InChI=1S/C25H23FO3/c1-16(2)14-19-12-13-22-20(15-18-10-6-7-11-21(18)28-22)23(19)25(27)29-24(26)17-8-4-3-5-9-17/h3-13,16,24H,14-15H2,1-2H3. The lowest BCUT2D eigenvalue weighted by Gasteiger charge is -2.24. The van der Waals surface area contributed by atoms with Crippen LogP contribution in [0.25, 0.3) is 0 Å². The summed E-state index contributed by atoms with van der Waals surface area (Å²) in [5.74, 6) is 1.09. The van der Waals surface area contributed by atoms with E-state index in [1.807, 2.05) is 36.4 Å². The van der Waals surface area contributed by atoms with Gasteiger partial charge >= 0.3 is 5.97 Å². The normalized spacial score (nSPS) is 13.2. The Morgan fingerprint density at radius 1 is 1.00 bits per heavy atom. The predicted octanol–water partition coefficient (Wildman–Crippen LogP) is 6.41. The number of hydrogen-bond acceptors (Lipinski definition) is 3. The monoisotopic (exact) mass is 390 g/mol. The lowest BCUT2D eigenvalue weighted by Crippen LogP contribution is -2.17. The molecule has 0 saturated heterocycles. The van der Waals surface area contributed by atoms with Crippen LogP contribution in [-0.2, 0) is 17.6 Å². The Morgan fingerprint density at radius 3 is 2.48 bits per heavy atom. The Labute approximate surface area is 170 Å². The Bertz CT molecular complexity index is 1030. The topological polar surface area (TPSA) is 35.5 Å². The Hall–Kier alpha value is -3.14. The molecule has 0 amide bonds. The summed E-state index contributed by atoms with van der Waals surface area (Å²) in [4.78, 5) is 13.1. The third kappa shape index (κ3) is 4.02. The van der Waals surface area contributed by atoms with Crippen LogP contribution in [0.3, 0.4) is 0 Å². The van der Waals surface area contributed by atoms with E-state index in [1.165, 1.54) is 0 Å². The first kappa shape index (κ1) is 19.2. The molecule has 3 aromatic carbocycles. The number of esters is 1. The quantitative estimate of drug-likeness (QED) is 0.370. The van der Waals surface area contributed by atoms with Crippen LogP contribution < -0.4 is 4.74 Å². The maximum absolute atomic E-state index is 14.7. The van der Waals surface area contributed by atoms with Gasteiger partial charge in [-0.1, -0.05) is 68.4 Å². The fourth-order valence-electron chi connectivity index (χ4n) is 3.70. The number of benzene rings is 3. The van der Waals surface area contributed by atoms with Crippen molar-refractivity contribution < 1.29 is 18.7 Å². The maximum Gasteiger partial charge on any atom is 0.341 e. The highest BCUT2D eigenvalue weighted by molar-refractivity contribution is 5.94. The van der Waals surface area contributed by atoms with E-state index in [0.717, 1.165) is 22.4 Å². The molecule has 0 N–H and O–H groups in total. The molecule has 29 heavy (non-hydrogen) atoms.